The number of aromatic amines is 1. The van der Waals surface area contributed by atoms with Gasteiger partial charge < -0.3 is 9.73 Å². The van der Waals surface area contributed by atoms with E-state index in [1.807, 2.05) is 13.0 Å². The lowest BCUT2D eigenvalue weighted by Crippen LogP contribution is -1.99. The number of hydrogen-bond donors (Lipinski definition) is 2. The van der Waals surface area contributed by atoms with Crippen LogP contribution in [0.3, 0.4) is 0 Å². The van der Waals surface area contributed by atoms with Gasteiger partial charge in [0, 0.05) is 19.3 Å². The molecule has 0 radical (unpaired) electrons. The van der Waals surface area contributed by atoms with Gasteiger partial charge >= 0.3 is 0 Å². The number of H-pyrrole nitrogens is 1. The van der Waals surface area contributed by atoms with Crippen molar-refractivity contribution >= 4 is 16.7 Å². The lowest BCUT2D eigenvalue weighted by atomic mass is 10.3. The van der Waals surface area contributed by atoms with Crippen LogP contribution in [0.25, 0.3) is 11.0 Å². The molecule has 0 bridgehead atoms. The summed E-state index contributed by atoms with van der Waals surface area (Å²) in [5.74, 6) is 1.46. The number of nitrogens with zero attached hydrogens (tertiary/aromatic N) is 3. The molecule has 3 heterocycles. The van der Waals surface area contributed by atoms with Gasteiger partial charge in [-0.05, 0) is 6.07 Å². The maximum atomic E-state index is 5.38. The number of nitrogens with one attached hydrogen (secondary N) is 2. The summed E-state index contributed by atoms with van der Waals surface area (Å²) in [6, 6.07) is 1.88. The minimum Gasteiger partial charge on any atom is -0.444 e. The maximum absolute atomic E-state index is 5.38. The second-order valence-corrected chi connectivity index (χ2v) is 3.68. The van der Waals surface area contributed by atoms with Crippen LogP contribution in [0, 0.1) is 6.92 Å². The highest BCUT2D eigenvalue weighted by Crippen LogP contribution is 2.18. The molecule has 0 amide bonds. The second kappa shape index (κ2) is 3.89. The zero-order valence-corrected chi connectivity index (χ0v) is 9.27. The Balaban J connectivity index is 1.83. The standard InChI is InChI=1S/C11H11N5O/c1-7-13-4-8(17-7)5-14-9-2-3-12-10-6-15-16-11(9)10/h2-4,6H,5H2,1H3,(H,12,14)(H,15,16). The fraction of sp³-hybridized carbons (Fsp3) is 0.182. The molecule has 3 rings (SSSR count). The molecule has 86 valence electrons. The summed E-state index contributed by atoms with van der Waals surface area (Å²) in [6.07, 6.45) is 5.22. The van der Waals surface area contributed by atoms with Gasteiger partial charge in [-0.25, -0.2) is 4.98 Å². The SMILES string of the molecule is Cc1ncc(CNc2ccnc3c[nH]nc23)o1. The van der Waals surface area contributed by atoms with E-state index in [0.29, 0.717) is 12.4 Å². The predicted octanol–water partition coefficient (Wildman–Crippen LogP) is 1.87. The molecule has 0 aliphatic rings. The third-order valence-electron chi connectivity index (χ3n) is 2.45. The molecule has 2 N–H and O–H groups in total. The molecule has 0 saturated heterocycles. The molecule has 0 spiro atoms. The monoisotopic (exact) mass is 229 g/mol. The minimum atomic E-state index is 0.576. The zero-order chi connectivity index (χ0) is 11.7. The van der Waals surface area contributed by atoms with Crippen molar-refractivity contribution in [3.05, 3.63) is 36.3 Å². The summed E-state index contributed by atoms with van der Waals surface area (Å²) in [6.45, 7) is 2.40. The molecule has 0 aliphatic heterocycles. The molecular weight excluding hydrogens is 218 g/mol. The Morgan fingerprint density at radius 1 is 1.41 bits per heavy atom. The summed E-state index contributed by atoms with van der Waals surface area (Å²) in [5, 5.41) is 10.2. The third kappa shape index (κ3) is 1.84. The average molecular weight is 229 g/mol. The lowest BCUT2D eigenvalue weighted by molar-refractivity contribution is 0.481. The molecule has 6 heteroatoms. The van der Waals surface area contributed by atoms with Gasteiger partial charge in [0.05, 0.1) is 18.4 Å². The van der Waals surface area contributed by atoms with Gasteiger partial charge in [0.1, 0.15) is 16.8 Å². The summed E-state index contributed by atoms with van der Waals surface area (Å²) in [7, 11) is 0. The van der Waals surface area contributed by atoms with Crippen LogP contribution >= 0.6 is 0 Å². The van der Waals surface area contributed by atoms with Gasteiger partial charge in [0.25, 0.3) is 0 Å². The van der Waals surface area contributed by atoms with E-state index in [2.05, 4.69) is 25.5 Å². The van der Waals surface area contributed by atoms with Crippen molar-refractivity contribution in [3.8, 4) is 0 Å². The number of hydrogen-bond acceptors (Lipinski definition) is 5. The third-order valence-corrected chi connectivity index (χ3v) is 2.45. The van der Waals surface area contributed by atoms with Crippen LogP contribution in [-0.4, -0.2) is 20.2 Å². The van der Waals surface area contributed by atoms with Crippen LogP contribution in [0.5, 0.6) is 0 Å². The van der Waals surface area contributed by atoms with Crippen LogP contribution in [0.15, 0.2) is 29.1 Å². The highest BCUT2D eigenvalue weighted by molar-refractivity contribution is 5.86. The van der Waals surface area contributed by atoms with E-state index in [9.17, 15) is 0 Å². The Labute approximate surface area is 97.1 Å². The van der Waals surface area contributed by atoms with Crippen LogP contribution in [0.1, 0.15) is 11.7 Å². The number of rotatable bonds is 3. The van der Waals surface area contributed by atoms with Crippen molar-refractivity contribution in [2.75, 3.05) is 5.32 Å². The molecule has 0 atom stereocenters. The molecule has 0 unspecified atom stereocenters. The lowest BCUT2D eigenvalue weighted by Gasteiger charge is -2.03. The molecular formula is C11H11N5O. The van der Waals surface area contributed by atoms with Gasteiger partial charge in [0.2, 0.25) is 0 Å². The zero-order valence-electron chi connectivity index (χ0n) is 9.27. The molecule has 3 aromatic heterocycles. The summed E-state index contributed by atoms with van der Waals surface area (Å²) in [4.78, 5) is 8.23. The normalized spacial score (nSPS) is 10.9. The topological polar surface area (TPSA) is 79.6 Å². The van der Waals surface area contributed by atoms with Crippen LogP contribution in [-0.2, 0) is 6.54 Å². The van der Waals surface area contributed by atoms with Crippen molar-refractivity contribution in [3.63, 3.8) is 0 Å². The number of pyridine rings is 1. The number of aryl methyl sites for hydroxylation is 1. The average Bonchev–Trinajstić information content (AvgIpc) is 2.94. The largest absolute Gasteiger partial charge is 0.444 e. The number of anilines is 1. The van der Waals surface area contributed by atoms with E-state index in [1.165, 1.54) is 0 Å². The smallest absolute Gasteiger partial charge is 0.191 e. The molecule has 0 saturated carbocycles. The van der Waals surface area contributed by atoms with Gasteiger partial charge in [-0.3, -0.25) is 10.1 Å². The molecule has 0 aromatic carbocycles. The first-order valence-electron chi connectivity index (χ1n) is 5.26. The van der Waals surface area contributed by atoms with Crippen LogP contribution in [0.2, 0.25) is 0 Å². The molecule has 3 aromatic rings. The predicted molar refractivity (Wildman–Crippen MR) is 62.5 cm³/mol. The van der Waals surface area contributed by atoms with E-state index in [4.69, 9.17) is 4.42 Å². The first-order valence-corrected chi connectivity index (χ1v) is 5.26. The van der Waals surface area contributed by atoms with Crippen molar-refractivity contribution in [2.24, 2.45) is 0 Å². The number of aromatic nitrogens is 4. The Bertz CT molecular complexity index is 642. The Morgan fingerprint density at radius 3 is 3.18 bits per heavy atom. The Hall–Kier alpha value is -2.37. The summed E-state index contributed by atoms with van der Waals surface area (Å²) >= 11 is 0. The van der Waals surface area contributed by atoms with Crippen molar-refractivity contribution in [2.45, 2.75) is 13.5 Å². The van der Waals surface area contributed by atoms with Crippen molar-refractivity contribution in [1.82, 2.24) is 20.2 Å². The molecule has 17 heavy (non-hydrogen) atoms. The fourth-order valence-electron chi connectivity index (χ4n) is 1.66. The first kappa shape index (κ1) is 9.83. The molecule has 0 aliphatic carbocycles. The summed E-state index contributed by atoms with van der Waals surface area (Å²) in [5.41, 5.74) is 2.58. The van der Waals surface area contributed by atoms with Gasteiger partial charge in [0.15, 0.2) is 5.89 Å². The quantitative estimate of drug-likeness (QED) is 0.716. The van der Waals surface area contributed by atoms with Gasteiger partial charge in [-0.1, -0.05) is 0 Å². The fourth-order valence-corrected chi connectivity index (χ4v) is 1.66. The highest BCUT2D eigenvalue weighted by Gasteiger charge is 2.05. The highest BCUT2D eigenvalue weighted by atomic mass is 16.4. The van der Waals surface area contributed by atoms with E-state index in [0.717, 1.165) is 22.5 Å². The van der Waals surface area contributed by atoms with Gasteiger partial charge in [-0.2, -0.15) is 5.10 Å². The van der Waals surface area contributed by atoms with Crippen molar-refractivity contribution < 1.29 is 4.42 Å². The van der Waals surface area contributed by atoms with E-state index >= 15 is 0 Å². The number of oxazole rings is 1. The Morgan fingerprint density at radius 2 is 2.35 bits per heavy atom. The van der Waals surface area contributed by atoms with E-state index in [-0.39, 0.29) is 0 Å². The first-order chi connectivity index (χ1) is 8.33. The Kier molecular flexibility index (Phi) is 2.25. The summed E-state index contributed by atoms with van der Waals surface area (Å²) < 4.78 is 5.38. The van der Waals surface area contributed by atoms with Gasteiger partial charge in [-0.15, -0.1) is 0 Å². The van der Waals surface area contributed by atoms with E-state index in [1.54, 1.807) is 18.6 Å². The van der Waals surface area contributed by atoms with Crippen LogP contribution < -0.4 is 5.32 Å². The van der Waals surface area contributed by atoms with Crippen LogP contribution in [0.4, 0.5) is 5.69 Å². The van der Waals surface area contributed by atoms with Crippen molar-refractivity contribution in [1.29, 1.82) is 0 Å². The minimum absolute atomic E-state index is 0.576. The number of fused-ring (bicyclic) bond motifs is 1. The molecule has 6 nitrogen and oxygen atoms in total. The molecule has 0 fully saturated rings. The van der Waals surface area contributed by atoms with E-state index < -0.39 is 0 Å². The second-order valence-electron chi connectivity index (χ2n) is 3.68. The maximum Gasteiger partial charge on any atom is 0.191 e.